The molecular weight excluding hydrogens is 192 g/mol. The number of rotatable bonds is 6. The molecule has 0 aliphatic carbocycles. The van der Waals surface area contributed by atoms with Crippen LogP contribution in [-0.4, -0.2) is 14.3 Å². The van der Waals surface area contributed by atoms with E-state index in [0.29, 0.717) is 0 Å². The molecule has 0 aromatic carbocycles. The van der Waals surface area contributed by atoms with Crippen molar-refractivity contribution in [2.75, 3.05) is 0 Å². The highest BCUT2D eigenvalue weighted by atomic mass is 28.4. The molecule has 0 aliphatic heterocycles. The molecule has 0 rings (SSSR count). The molecule has 0 aromatic rings. The second-order valence-electron chi connectivity index (χ2n) is 4.78. The average Bonchev–Trinajstić information content (AvgIpc) is 2.02. The molecule has 0 fully saturated rings. The first-order valence-corrected chi connectivity index (χ1v) is 9.04. The topological polar surface area (TPSA) is 26.3 Å². The van der Waals surface area contributed by atoms with Gasteiger partial charge in [0.05, 0.1) is 5.92 Å². The first-order chi connectivity index (χ1) is 6.40. The van der Waals surface area contributed by atoms with Crippen LogP contribution in [0.25, 0.3) is 0 Å². The van der Waals surface area contributed by atoms with E-state index < -0.39 is 8.32 Å². The van der Waals surface area contributed by atoms with Gasteiger partial charge in [-0.25, -0.2) is 0 Å². The van der Waals surface area contributed by atoms with E-state index in [9.17, 15) is 4.79 Å². The number of hydrogen-bond donors (Lipinski definition) is 0. The second-order valence-corrected chi connectivity index (χ2v) is 9.21. The summed E-state index contributed by atoms with van der Waals surface area (Å²) >= 11 is 0. The van der Waals surface area contributed by atoms with E-state index in [0.717, 1.165) is 25.7 Å². The zero-order valence-corrected chi connectivity index (χ0v) is 11.2. The predicted molar refractivity (Wildman–Crippen MR) is 62.7 cm³/mol. The highest BCUT2D eigenvalue weighted by Crippen LogP contribution is 2.17. The van der Waals surface area contributed by atoms with Gasteiger partial charge in [-0.15, -0.1) is 0 Å². The minimum Gasteiger partial charge on any atom is -0.520 e. The Hall–Kier alpha value is -0.313. The summed E-state index contributed by atoms with van der Waals surface area (Å²) < 4.78 is 5.49. The van der Waals surface area contributed by atoms with Crippen molar-refractivity contribution in [2.45, 2.75) is 59.2 Å². The summed E-state index contributed by atoms with van der Waals surface area (Å²) in [5.74, 6) is 0.154. The standard InChI is InChI=1S/C11H24O2Si/c1-6-8-9-10(7-2)11(12)13-14(3,4)5/h10H,6-9H2,1-5H3. The van der Waals surface area contributed by atoms with Crippen LogP contribution in [0.4, 0.5) is 0 Å². The molecule has 0 heterocycles. The monoisotopic (exact) mass is 216 g/mol. The van der Waals surface area contributed by atoms with Gasteiger partial charge in [-0.3, -0.25) is 4.79 Å². The van der Waals surface area contributed by atoms with Crippen molar-refractivity contribution in [3.05, 3.63) is 0 Å². The highest BCUT2D eigenvalue weighted by molar-refractivity contribution is 6.71. The molecule has 0 bridgehead atoms. The second kappa shape index (κ2) is 6.22. The van der Waals surface area contributed by atoms with Gasteiger partial charge in [-0.05, 0) is 32.5 Å². The molecule has 0 radical (unpaired) electrons. The van der Waals surface area contributed by atoms with Gasteiger partial charge in [0.25, 0.3) is 5.97 Å². The Kier molecular flexibility index (Phi) is 6.08. The molecule has 0 saturated carbocycles. The maximum absolute atomic E-state index is 11.7. The van der Waals surface area contributed by atoms with E-state index in [4.69, 9.17) is 4.43 Å². The Balaban J connectivity index is 4.04. The Morgan fingerprint density at radius 1 is 1.29 bits per heavy atom. The first-order valence-electron chi connectivity index (χ1n) is 5.63. The number of carbonyl (C=O) groups excluding carboxylic acids is 1. The van der Waals surface area contributed by atoms with Crippen LogP contribution in [0.2, 0.25) is 19.6 Å². The van der Waals surface area contributed by atoms with Gasteiger partial charge < -0.3 is 4.43 Å². The minimum atomic E-state index is -1.69. The van der Waals surface area contributed by atoms with Crippen molar-refractivity contribution >= 4 is 14.3 Å². The molecule has 0 spiro atoms. The van der Waals surface area contributed by atoms with E-state index in [2.05, 4.69) is 33.5 Å². The summed E-state index contributed by atoms with van der Waals surface area (Å²) in [4.78, 5) is 11.7. The van der Waals surface area contributed by atoms with Gasteiger partial charge in [0.15, 0.2) is 0 Å². The van der Waals surface area contributed by atoms with E-state index in [1.807, 2.05) is 0 Å². The summed E-state index contributed by atoms with van der Waals surface area (Å²) in [6.45, 7) is 10.4. The third kappa shape index (κ3) is 6.19. The molecule has 2 nitrogen and oxygen atoms in total. The van der Waals surface area contributed by atoms with Crippen LogP contribution < -0.4 is 0 Å². The minimum absolute atomic E-state index is 0.0279. The van der Waals surface area contributed by atoms with Gasteiger partial charge in [0.1, 0.15) is 0 Å². The van der Waals surface area contributed by atoms with Crippen molar-refractivity contribution in [2.24, 2.45) is 5.92 Å². The van der Waals surface area contributed by atoms with E-state index in [1.165, 1.54) is 0 Å². The smallest absolute Gasteiger partial charge is 0.295 e. The van der Waals surface area contributed by atoms with Crippen LogP contribution in [-0.2, 0) is 9.22 Å². The van der Waals surface area contributed by atoms with Crippen LogP contribution >= 0.6 is 0 Å². The predicted octanol–water partition coefficient (Wildman–Crippen LogP) is 3.58. The molecule has 0 saturated heterocycles. The Morgan fingerprint density at radius 3 is 2.21 bits per heavy atom. The lowest BCUT2D eigenvalue weighted by Crippen LogP contribution is -2.32. The van der Waals surface area contributed by atoms with Crippen LogP contribution in [0.3, 0.4) is 0 Å². The molecule has 0 aromatic heterocycles. The molecule has 0 amide bonds. The van der Waals surface area contributed by atoms with Crippen LogP contribution in [0.1, 0.15) is 39.5 Å². The van der Waals surface area contributed by atoms with Gasteiger partial charge in [0, 0.05) is 0 Å². The fraction of sp³-hybridized carbons (Fsp3) is 0.909. The summed E-state index contributed by atoms with van der Waals surface area (Å²) in [5, 5.41) is 0. The fourth-order valence-corrected chi connectivity index (χ4v) is 2.09. The quantitative estimate of drug-likeness (QED) is 0.634. The van der Waals surface area contributed by atoms with Gasteiger partial charge in [-0.1, -0.05) is 26.7 Å². The zero-order chi connectivity index (χ0) is 11.2. The number of carbonyl (C=O) groups is 1. The number of unbranched alkanes of at least 4 members (excludes halogenated alkanes) is 1. The van der Waals surface area contributed by atoms with Crippen molar-refractivity contribution in [3.8, 4) is 0 Å². The highest BCUT2D eigenvalue weighted by Gasteiger charge is 2.24. The normalized spacial score (nSPS) is 13.8. The van der Waals surface area contributed by atoms with Gasteiger partial charge in [-0.2, -0.15) is 0 Å². The third-order valence-corrected chi connectivity index (χ3v) is 2.95. The fourth-order valence-electron chi connectivity index (χ4n) is 1.32. The lowest BCUT2D eigenvalue weighted by Gasteiger charge is -2.21. The van der Waals surface area contributed by atoms with Gasteiger partial charge >= 0.3 is 0 Å². The maximum atomic E-state index is 11.7. The van der Waals surface area contributed by atoms with Crippen molar-refractivity contribution in [3.63, 3.8) is 0 Å². The lowest BCUT2D eigenvalue weighted by molar-refractivity contribution is -0.140. The van der Waals surface area contributed by atoms with Crippen molar-refractivity contribution < 1.29 is 9.22 Å². The number of hydrogen-bond acceptors (Lipinski definition) is 2. The third-order valence-electron chi connectivity index (χ3n) is 2.14. The Bertz CT molecular complexity index is 173. The summed E-state index contributed by atoms with van der Waals surface area (Å²) in [6.07, 6.45) is 4.16. The van der Waals surface area contributed by atoms with Crippen molar-refractivity contribution in [1.29, 1.82) is 0 Å². The molecular formula is C11H24O2Si. The molecule has 0 N–H and O–H groups in total. The summed E-state index contributed by atoms with van der Waals surface area (Å²) in [6, 6.07) is 0. The zero-order valence-electron chi connectivity index (χ0n) is 10.2. The van der Waals surface area contributed by atoms with Gasteiger partial charge in [0.2, 0.25) is 8.32 Å². The molecule has 0 aliphatic rings. The summed E-state index contributed by atoms with van der Waals surface area (Å²) in [7, 11) is -1.69. The SMILES string of the molecule is CCCCC(CC)C(=O)O[Si](C)(C)C. The molecule has 1 atom stereocenters. The lowest BCUT2D eigenvalue weighted by atomic mass is 10.00. The van der Waals surface area contributed by atoms with Crippen LogP contribution in [0.5, 0.6) is 0 Å². The average molecular weight is 216 g/mol. The first kappa shape index (κ1) is 13.7. The van der Waals surface area contributed by atoms with E-state index in [1.54, 1.807) is 0 Å². The largest absolute Gasteiger partial charge is 0.520 e. The molecule has 1 unspecified atom stereocenters. The summed E-state index contributed by atoms with van der Waals surface area (Å²) in [5.41, 5.74) is 0. The molecule has 84 valence electrons. The molecule has 3 heteroatoms. The Labute approximate surface area is 89.2 Å². The molecule has 14 heavy (non-hydrogen) atoms. The van der Waals surface area contributed by atoms with Crippen LogP contribution in [0.15, 0.2) is 0 Å². The maximum Gasteiger partial charge on any atom is 0.295 e. The van der Waals surface area contributed by atoms with Crippen molar-refractivity contribution in [1.82, 2.24) is 0 Å². The van der Waals surface area contributed by atoms with E-state index >= 15 is 0 Å². The van der Waals surface area contributed by atoms with Crippen LogP contribution in [0, 0.1) is 5.92 Å². The Morgan fingerprint density at radius 2 is 1.86 bits per heavy atom. The van der Waals surface area contributed by atoms with E-state index in [-0.39, 0.29) is 11.9 Å².